The molecule has 0 atom stereocenters. The second kappa shape index (κ2) is 6.22. The molecule has 0 N–H and O–H groups in total. The molecule has 1 aromatic rings. The quantitative estimate of drug-likeness (QED) is 0.421. The van der Waals surface area contributed by atoms with E-state index in [9.17, 15) is 4.79 Å². The molecular formula is C11H11NOS. The van der Waals surface area contributed by atoms with E-state index in [-0.39, 0.29) is 0 Å². The second-order valence-corrected chi connectivity index (χ2v) is 3.90. The SMILES string of the molecule is N#Cc1ccccc1SCCCC=O. The van der Waals surface area contributed by atoms with E-state index in [1.807, 2.05) is 24.3 Å². The number of carbonyl (C=O) groups excluding carboxylic acids is 1. The van der Waals surface area contributed by atoms with Crippen molar-refractivity contribution in [2.75, 3.05) is 5.75 Å². The summed E-state index contributed by atoms with van der Waals surface area (Å²) in [5.74, 6) is 0.886. The van der Waals surface area contributed by atoms with Crippen LogP contribution in [0.2, 0.25) is 0 Å². The average Bonchev–Trinajstić information content (AvgIpc) is 2.25. The van der Waals surface area contributed by atoms with Gasteiger partial charge in [-0.3, -0.25) is 0 Å². The molecule has 0 amide bonds. The predicted molar refractivity (Wildman–Crippen MR) is 57.2 cm³/mol. The first-order valence-corrected chi connectivity index (χ1v) is 5.42. The highest BCUT2D eigenvalue weighted by Gasteiger charge is 2.00. The third-order valence-electron chi connectivity index (χ3n) is 1.73. The van der Waals surface area contributed by atoms with Gasteiger partial charge in [-0.15, -0.1) is 11.8 Å². The summed E-state index contributed by atoms with van der Waals surface area (Å²) in [5, 5.41) is 8.80. The molecule has 0 fully saturated rings. The smallest absolute Gasteiger partial charge is 0.120 e. The van der Waals surface area contributed by atoms with E-state index >= 15 is 0 Å². The summed E-state index contributed by atoms with van der Waals surface area (Å²) in [7, 11) is 0. The van der Waals surface area contributed by atoms with E-state index < -0.39 is 0 Å². The zero-order valence-electron chi connectivity index (χ0n) is 7.77. The van der Waals surface area contributed by atoms with E-state index in [0.717, 1.165) is 23.4 Å². The highest BCUT2D eigenvalue weighted by molar-refractivity contribution is 7.99. The summed E-state index contributed by atoms with van der Waals surface area (Å²) in [6.45, 7) is 0. The Kier molecular flexibility index (Phi) is 4.81. The van der Waals surface area contributed by atoms with Gasteiger partial charge >= 0.3 is 0 Å². The largest absolute Gasteiger partial charge is 0.303 e. The number of hydrogen-bond acceptors (Lipinski definition) is 3. The molecule has 0 radical (unpaired) electrons. The van der Waals surface area contributed by atoms with Crippen LogP contribution >= 0.6 is 11.8 Å². The minimum atomic E-state index is 0.599. The van der Waals surface area contributed by atoms with Gasteiger partial charge in [0.25, 0.3) is 0 Å². The van der Waals surface area contributed by atoms with E-state index in [1.165, 1.54) is 0 Å². The van der Waals surface area contributed by atoms with Crippen LogP contribution in [0.3, 0.4) is 0 Å². The zero-order valence-corrected chi connectivity index (χ0v) is 8.59. The fourth-order valence-electron chi connectivity index (χ4n) is 1.03. The average molecular weight is 205 g/mol. The van der Waals surface area contributed by atoms with Crippen LogP contribution in [0.4, 0.5) is 0 Å². The van der Waals surface area contributed by atoms with Crippen LogP contribution in [0.25, 0.3) is 0 Å². The lowest BCUT2D eigenvalue weighted by Gasteiger charge is -2.01. The molecule has 0 aromatic heterocycles. The fraction of sp³-hybridized carbons (Fsp3) is 0.273. The summed E-state index contributed by atoms with van der Waals surface area (Å²) in [6, 6.07) is 9.66. The molecule has 0 aliphatic heterocycles. The van der Waals surface area contributed by atoms with Crippen molar-refractivity contribution < 1.29 is 4.79 Å². The molecule has 72 valence electrons. The van der Waals surface area contributed by atoms with Gasteiger partial charge in [-0.1, -0.05) is 12.1 Å². The molecule has 0 heterocycles. The summed E-state index contributed by atoms with van der Waals surface area (Å²) in [4.78, 5) is 11.1. The molecule has 0 aliphatic rings. The van der Waals surface area contributed by atoms with Crippen molar-refractivity contribution in [3.05, 3.63) is 29.8 Å². The van der Waals surface area contributed by atoms with Crippen molar-refractivity contribution in [1.82, 2.24) is 0 Å². The summed E-state index contributed by atoms with van der Waals surface area (Å²) in [6.07, 6.45) is 2.40. The first kappa shape index (κ1) is 10.8. The highest BCUT2D eigenvalue weighted by Crippen LogP contribution is 2.22. The summed E-state index contributed by atoms with van der Waals surface area (Å²) >= 11 is 1.63. The van der Waals surface area contributed by atoms with Crippen LogP contribution < -0.4 is 0 Å². The molecule has 0 unspecified atom stereocenters. The van der Waals surface area contributed by atoms with E-state index in [4.69, 9.17) is 5.26 Å². The van der Waals surface area contributed by atoms with Gasteiger partial charge in [-0.05, 0) is 24.3 Å². The molecule has 0 saturated carbocycles. The first-order valence-electron chi connectivity index (χ1n) is 4.44. The summed E-state index contributed by atoms with van der Waals surface area (Å²) in [5.41, 5.74) is 0.712. The van der Waals surface area contributed by atoms with E-state index in [2.05, 4.69) is 6.07 Å². The summed E-state index contributed by atoms with van der Waals surface area (Å²) < 4.78 is 0. The Morgan fingerprint density at radius 1 is 1.43 bits per heavy atom. The van der Waals surface area contributed by atoms with Crippen molar-refractivity contribution in [3.63, 3.8) is 0 Å². The first-order chi connectivity index (χ1) is 6.88. The predicted octanol–water partition coefficient (Wildman–Crippen LogP) is 2.63. The normalized spacial score (nSPS) is 9.36. The topological polar surface area (TPSA) is 40.9 Å². The standard InChI is InChI=1S/C11H11NOS/c12-9-10-5-1-2-6-11(10)14-8-4-3-7-13/h1-2,5-7H,3-4,8H2. The van der Waals surface area contributed by atoms with Gasteiger partial charge in [0.2, 0.25) is 0 Å². The number of hydrogen-bond donors (Lipinski definition) is 0. The van der Waals surface area contributed by atoms with Gasteiger partial charge < -0.3 is 4.79 Å². The van der Waals surface area contributed by atoms with Crippen LogP contribution in [-0.4, -0.2) is 12.0 Å². The van der Waals surface area contributed by atoms with Crippen LogP contribution in [0.5, 0.6) is 0 Å². The van der Waals surface area contributed by atoms with Crippen molar-refractivity contribution >= 4 is 18.0 Å². The fourth-order valence-corrected chi connectivity index (χ4v) is 2.01. The molecule has 0 aliphatic carbocycles. The van der Waals surface area contributed by atoms with Crippen molar-refractivity contribution in [3.8, 4) is 6.07 Å². The van der Waals surface area contributed by atoms with Crippen LogP contribution in [0.1, 0.15) is 18.4 Å². The third-order valence-corrected chi connectivity index (χ3v) is 2.89. The maximum atomic E-state index is 10.1. The minimum absolute atomic E-state index is 0.599. The van der Waals surface area contributed by atoms with E-state index in [1.54, 1.807) is 11.8 Å². The maximum Gasteiger partial charge on any atom is 0.120 e. The van der Waals surface area contributed by atoms with Crippen LogP contribution in [0.15, 0.2) is 29.2 Å². The van der Waals surface area contributed by atoms with Gasteiger partial charge in [0.1, 0.15) is 12.4 Å². The molecular weight excluding hydrogens is 194 g/mol. The lowest BCUT2D eigenvalue weighted by molar-refractivity contribution is -0.107. The number of rotatable bonds is 5. The van der Waals surface area contributed by atoms with Crippen LogP contribution in [0, 0.1) is 11.3 Å². The molecule has 3 heteroatoms. The molecule has 14 heavy (non-hydrogen) atoms. The number of carbonyl (C=O) groups is 1. The van der Waals surface area contributed by atoms with Gasteiger partial charge in [0, 0.05) is 11.3 Å². The Morgan fingerprint density at radius 2 is 2.21 bits per heavy atom. The maximum absolute atomic E-state index is 10.1. The monoisotopic (exact) mass is 205 g/mol. The lowest BCUT2D eigenvalue weighted by Crippen LogP contribution is -1.84. The van der Waals surface area contributed by atoms with Gasteiger partial charge in [0.05, 0.1) is 5.56 Å². The molecule has 1 rings (SSSR count). The number of benzene rings is 1. The number of aldehydes is 1. The zero-order chi connectivity index (χ0) is 10.2. The van der Waals surface area contributed by atoms with Crippen LogP contribution in [-0.2, 0) is 4.79 Å². The Hall–Kier alpha value is -1.27. The van der Waals surface area contributed by atoms with Crippen molar-refractivity contribution in [2.45, 2.75) is 17.7 Å². The van der Waals surface area contributed by atoms with Gasteiger partial charge in [-0.25, -0.2) is 0 Å². The molecule has 2 nitrogen and oxygen atoms in total. The molecule has 0 saturated heterocycles. The van der Waals surface area contributed by atoms with Crippen molar-refractivity contribution in [1.29, 1.82) is 5.26 Å². The molecule has 0 bridgehead atoms. The number of thioether (sulfide) groups is 1. The second-order valence-electron chi connectivity index (χ2n) is 2.77. The number of nitrogens with zero attached hydrogens (tertiary/aromatic N) is 1. The molecule has 1 aromatic carbocycles. The number of unbranched alkanes of at least 4 members (excludes halogenated alkanes) is 1. The number of nitriles is 1. The lowest BCUT2D eigenvalue weighted by atomic mass is 10.2. The third kappa shape index (κ3) is 3.23. The Balaban J connectivity index is 2.50. The Bertz CT molecular complexity index is 343. The van der Waals surface area contributed by atoms with Gasteiger partial charge in [-0.2, -0.15) is 5.26 Å². The van der Waals surface area contributed by atoms with E-state index in [0.29, 0.717) is 12.0 Å². The van der Waals surface area contributed by atoms with Gasteiger partial charge in [0.15, 0.2) is 0 Å². The van der Waals surface area contributed by atoms with Crippen molar-refractivity contribution in [2.24, 2.45) is 0 Å². The highest BCUT2D eigenvalue weighted by atomic mass is 32.2. The Labute approximate surface area is 87.9 Å². The molecule has 0 spiro atoms. The minimum Gasteiger partial charge on any atom is -0.303 e. The Morgan fingerprint density at radius 3 is 2.93 bits per heavy atom.